The van der Waals surface area contributed by atoms with Crippen molar-refractivity contribution in [2.75, 3.05) is 0 Å². The minimum atomic E-state index is 0. The van der Waals surface area contributed by atoms with Crippen molar-refractivity contribution in [3.8, 4) is 33.8 Å². The molecule has 3 aromatic carbocycles. The number of hydrogen-bond acceptors (Lipinski definition) is 3. The van der Waals surface area contributed by atoms with E-state index >= 15 is 0 Å². The van der Waals surface area contributed by atoms with Gasteiger partial charge in [-0.05, 0) is 29.3 Å². The standard InChI is InChI=1S/C16H11N2.C16H18N.Ir/c1-2-6-13(7-3-1)14-8-4-9-15(12-14)16-17-10-5-11-18-16;1-4-5-14-7-9-16(17-11-14)15-8-6-12(2)13(3)10-15;/h1-8,10-12H;6-7,9-11H,4-5H2,1-3H3;/q2*-1;. The molecule has 0 saturated carbocycles. The number of aromatic nitrogens is 3. The first-order valence-corrected chi connectivity index (χ1v) is 11.9. The van der Waals surface area contributed by atoms with Gasteiger partial charge in [-0.2, -0.15) is 0 Å². The van der Waals surface area contributed by atoms with Crippen LogP contribution in [0.2, 0.25) is 0 Å². The molecule has 0 aliphatic carbocycles. The number of pyridine rings is 1. The van der Waals surface area contributed by atoms with Crippen LogP contribution in [0, 0.1) is 26.0 Å². The van der Waals surface area contributed by atoms with E-state index in [1.54, 1.807) is 12.4 Å². The van der Waals surface area contributed by atoms with Crippen molar-refractivity contribution in [3.63, 3.8) is 0 Å². The Hall–Kier alpha value is -3.46. The molecule has 5 rings (SSSR count). The van der Waals surface area contributed by atoms with Crippen molar-refractivity contribution in [3.05, 3.63) is 126 Å². The van der Waals surface area contributed by atoms with E-state index in [2.05, 4.69) is 84.3 Å². The van der Waals surface area contributed by atoms with Crippen LogP contribution in [0.1, 0.15) is 30.0 Å². The van der Waals surface area contributed by atoms with Crippen LogP contribution in [0.25, 0.3) is 33.8 Å². The van der Waals surface area contributed by atoms with Crippen LogP contribution in [0.3, 0.4) is 0 Å². The predicted molar refractivity (Wildman–Crippen MR) is 144 cm³/mol. The quantitative estimate of drug-likeness (QED) is 0.183. The van der Waals surface area contributed by atoms with Gasteiger partial charge < -0.3 is 4.98 Å². The molecule has 0 atom stereocenters. The summed E-state index contributed by atoms with van der Waals surface area (Å²) in [6.07, 6.45) is 7.72. The van der Waals surface area contributed by atoms with E-state index < -0.39 is 0 Å². The Bertz CT molecular complexity index is 1300. The van der Waals surface area contributed by atoms with Crippen LogP contribution >= 0.6 is 0 Å². The number of aryl methyl sites for hydroxylation is 3. The first-order valence-electron chi connectivity index (χ1n) is 11.9. The van der Waals surface area contributed by atoms with E-state index in [0.717, 1.165) is 35.2 Å². The van der Waals surface area contributed by atoms with Crippen LogP contribution in [0.5, 0.6) is 0 Å². The maximum Gasteiger partial charge on any atom is 0.0748 e. The van der Waals surface area contributed by atoms with E-state index in [9.17, 15) is 0 Å². The minimum Gasteiger partial charge on any atom is -0.304 e. The first kappa shape index (κ1) is 27.1. The van der Waals surface area contributed by atoms with E-state index in [0.29, 0.717) is 5.82 Å². The summed E-state index contributed by atoms with van der Waals surface area (Å²) >= 11 is 0. The molecule has 4 heteroatoms. The van der Waals surface area contributed by atoms with Gasteiger partial charge >= 0.3 is 0 Å². The second-order valence-corrected chi connectivity index (χ2v) is 8.44. The Kier molecular flexibility index (Phi) is 10.2. The molecule has 0 spiro atoms. The largest absolute Gasteiger partial charge is 0.304 e. The van der Waals surface area contributed by atoms with Gasteiger partial charge in [0.05, 0.1) is 5.82 Å². The molecule has 2 heterocycles. The Balaban J connectivity index is 0.000000196. The average molecular weight is 648 g/mol. The second-order valence-electron chi connectivity index (χ2n) is 8.44. The van der Waals surface area contributed by atoms with Crippen molar-refractivity contribution >= 4 is 0 Å². The van der Waals surface area contributed by atoms with E-state index in [1.807, 2.05) is 48.7 Å². The van der Waals surface area contributed by atoms with Gasteiger partial charge in [-0.3, -0.25) is 9.97 Å². The van der Waals surface area contributed by atoms with Gasteiger partial charge in [-0.25, -0.2) is 0 Å². The van der Waals surface area contributed by atoms with Crippen molar-refractivity contribution in [2.24, 2.45) is 0 Å². The van der Waals surface area contributed by atoms with Gasteiger partial charge in [0.25, 0.3) is 0 Å². The van der Waals surface area contributed by atoms with E-state index in [4.69, 9.17) is 0 Å². The van der Waals surface area contributed by atoms with E-state index in [-0.39, 0.29) is 20.1 Å². The zero-order chi connectivity index (χ0) is 24.5. The molecular formula is C32H29IrN3-2. The van der Waals surface area contributed by atoms with Gasteiger partial charge in [-0.1, -0.05) is 69.7 Å². The van der Waals surface area contributed by atoms with Crippen LogP contribution in [-0.2, 0) is 26.5 Å². The zero-order valence-electron chi connectivity index (χ0n) is 20.8. The summed E-state index contributed by atoms with van der Waals surface area (Å²) in [4.78, 5) is 13.0. The van der Waals surface area contributed by atoms with Crippen molar-refractivity contribution < 1.29 is 20.1 Å². The molecule has 0 aliphatic heterocycles. The summed E-state index contributed by atoms with van der Waals surface area (Å²) in [6.45, 7) is 6.41. The average Bonchev–Trinajstić information content (AvgIpc) is 2.92. The maximum absolute atomic E-state index is 4.51. The van der Waals surface area contributed by atoms with Gasteiger partial charge in [-0.15, -0.1) is 70.3 Å². The first-order chi connectivity index (χ1) is 17.1. The Morgan fingerprint density at radius 1 is 0.722 bits per heavy atom. The molecule has 2 aromatic heterocycles. The molecule has 0 unspecified atom stereocenters. The van der Waals surface area contributed by atoms with Crippen molar-refractivity contribution in [2.45, 2.75) is 33.6 Å². The SMILES string of the molecule is CCCc1ccc(-c2[c-]cc(C)c(C)c2)nc1.[Ir].[c-]1ccc(-c2ccccc2)cc1-c1ncccn1. The topological polar surface area (TPSA) is 38.7 Å². The van der Waals surface area contributed by atoms with Gasteiger partial charge in [0, 0.05) is 38.7 Å². The fourth-order valence-corrected chi connectivity index (χ4v) is 3.68. The van der Waals surface area contributed by atoms with Crippen LogP contribution < -0.4 is 0 Å². The van der Waals surface area contributed by atoms with Gasteiger partial charge in [0.1, 0.15) is 0 Å². The summed E-state index contributed by atoms with van der Waals surface area (Å²) in [5.41, 5.74) is 9.20. The van der Waals surface area contributed by atoms with Gasteiger partial charge in [0.15, 0.2) is 0 Å². The summed E-state index contributed by atoms with van der Waals surface area (Å²) in [6, 6.07) is 33.0. The van der Waals surface area contributed by atoms with Crippen molar-refractivity contribution in [1.29, 1.82) is 0 Å². The third-order valence-corrected chi connectivity index (χ3v) is 5.78. The van der Waals surface area contributed by atoms with E-state index in [1.165, 1.54) is 22.3 Å². The second kappa shape index (κ2) is 13.6. The van der Waals surface area contributed by atoms with Crippen LogP contribution in [0.4, 0.5) is 0 Å². The molecule has 0 aliphatic rings. The molecule has 0 bridgehead atoms. The molecule has 183 valence electrons. The Morgan fingerprint density at radius 3 is 2.17 bits per heavy atom. The Morgan fingerprint density at radius 2 is 1.50 bits per heavy atom. The molecule has 3 nitrogen and oxygen atoms in total. The number of benzene rings is 3. The minimum absolute atomic E-state index is 0. The third kappa shape index (κ3) is 7.27. The number of hydrogen-bond donors (Lipinski definition) is 0. The Labute approximate surface area is 228 Å². The molecule has 36 heavy (non-hydrogen) atoms. The number of nitrogens with zero attached hydrogens (tertiary/aromatic N) is 3. The molecule has 0 N–H and O–H groups in total. The predicted octanol–water partition coefficient (Wildman–Crippen LogP) is 7.73. The fraction of sp³-hybridized carbons (Fsp3) is 0.156. The normalized spacial score (nSPS) is 10.1. The molecule has 1 radical (unpaired) electrons. The van der Waals surface area contributed by atoms with Crippen molar-refractivity contribution in [1.82, 2.24) is 15.0 Å². The molecule has 0 saturated heterocycles. The maximum atomic E-state index is 4.51. The smallest absolute Gasteiger partial charge is 0.0748 e. The van der Waals surface area contributed by atoms with Crippen LogP contribution in [0.15, 0.2) is 97.5 Å². The number of rotatable bonds is 5. The summed E-state index contributed by atoms with van der Waals surface area (Å²) in [5, 5.41) is 0. The van der Waals surface area contributed by atoms with Crippen LogP contribution in [-0.4, -0.2) is 15.0 Å². The molecule has 0 fully saturated rings. The van der Waals surface area contributed by atoms with Gasteiger partial charge in [0.2, 0.25) is 0 Å². The monoisotopic (exact) mass is 648 g/mol. The zero-order valence-corrected chi connectivity index (χ0v) is 23.2. The summed E-state index contributed by atoms with van der Waals surface area (Å²) < 4.78 is 0. The molecule has 5 aromatic rings. The molecule has 0 amide bonds. The molecular weight excluding hydrogens is 619 g/mol. The summed E-state index contributed by atoms with van der Waals surface area (Å²) in [7, 11) is 0. The fourth-order valence-electron chi connectivity index (χ4n) is 3.68. The summed E-state index contributed by atoms with van der Waals surface area (Å²) in [5.74, 6) is 0.704. The third-order valence-electron chi connectivity index (χ3n) is 5.78.